The zero-order valence-electron chi connectivity index (χ0n) is 18.2. The van der Waals surface area contributed by atoms with E-state index in [-0.39, 0.29) is 11.1 Å². The van der Waals surface area contributed by atoms with Crippen LogP contribution in [0.15, 0.2) is 84.9 Å². The summed E-state index contributed by atoms with van der Waals surface area (Å²) < 4.78 is 43.9. The van der Waals surface area contributed by atoms with Crippen LogP contribution in [-0.2, 0) is 19.0 Å². The van der Waals surface area contributed by atoms with Gasteiger partial charge in [0, 0.05) is 0 Å². The summed E-state index contributed by atoms with van der Waals surface area (Å²) >= 11 is 0. The zero-order chi connectivity index (χ0) is 24.6. The Morgan fingerprint density at radius 1 is 0.771 bits per heavy atom. The van der Waals surface area contributed by atoms with Crippen molar-refractivity contribution >= 4 is 39.5 Å². The minimum atomic E-state index is -4.09. The van der Waals surface area contributed by atoms with Crippen LogP contribution < -0.4 is 0 Å². The van der Waals surface area contributed by atoms with Crippen LogP contribution in [0.25, 0.3) is 21.5 Å². The molecule has 35 heavy (non-hydrogen) atoms. The lowest BCUT2D eigenvalue weighted by molar-refractivity contribution is -0.163. The first-order valence-electron chi connectivity index (χ1n) is 10.8. The largest absolute Gasteiger partial charge is 0.458 e. The number of fused-ring (bicyclic) bond motifs is 2. The molecule has 0 aliphatic carbocycles. The smallest absolute Gasteiger partial charge is 0.382 e. The fourth-order valence-electron chi connectivity index (χ4n) is 3.96. The van der Waals surface area contributed by atoms with Crippen molar-refractivity contribution in [1.29, 1.82) is 0 Å². The SMILES string of the molecule is O=C(OC[C@H]1OC(=O)C(F)(F)[C@H]1OC(=O)c1ccc2ccccc2c1)c1ccc2ccccc2c1. The first kappa shape index (κ1) is 22.5. The predicted molar refractivity (Wildman–Crippen MR) is 122 cm³/mol. The van der Waals surface area contributed by atoms with E-state index in [1.807, 2.05) is 36.4 Å². The van der Waals surface area contributed by atoms with Crippen molar-refractivity contribution in [1.82, 2.24) is 0 Å². The molecule has 1 saturated heterocycles. The topological polar surface area (TPSA) is 78.9 Å². The minimum Gasteiger partial charge on any atom is -0.458 e. The Labute approximate surface area is 198 Å². The van der Waals surface area contributed by atoms with Crippen molar-refractivity contribution in [3.63, 3.8) is 0 Å². The molecule has 0 radical (unpaired) electrons. The number of benzene rings is 4. The summed E-state index contributed by atoms with van der Waals surface area (Å²) in [5, 5.41) is 3.28. The van der Waals surface area contributed by atoms with E-state index in [0.717, 1.165) is 16.2 Å². The van der Waals surface area contributed by atoms with Gasteiger partial charge in [-0.25, -0.2) is 14.4 Å². The fourth-order valence-corrected chi connectivity index (χ4v) is 3.96. The molecule has 6 nitrogen and oxygen atoms in total. The van der Waals surface area contributed by atoms with E-state index in [4.69, 9.17) is 14.2 Å². The van der Waals surface area contributed by atoms with E-state index >= 15 is 0 Å². The second-order valence-electron chi connectivity index (χ2n) is 8.11. The van der Waals surface area contributed by atoms with E-state index in [2.05, 4.69) is 0 Å². The molecule has 1 fully saturated rings. The molecule has 0 N–H and O–H groups in total. The van der Waals surface area contributed by atoms with Gasteiger partial charge in [0.05, 0.1) is 11.1 Å². The minimum absolute atomic E-state index is 0.0331. The molecule has 0 aromatic heterocycles. The lowest BCUT2D eigenvalue weighted by Crippen LogP contribution is -2.43. The molecule has 2 atom stereocenters. The number of cyclic esters (lactones) is 1. The maximum atomic E-state index is 14.5. The fraction of sp³-hybridized carbons (Fsp3) is 0.148. The highest BCUT2D eigenvalue weighted by Gasteiger charge is 2.63. The first-order valence-corrected chi connectivity index (χ1v) is 10.8. The maximum Gasteiger partial charge on any atom is 0.382 e. The molecule has 176 valence electrons. The van der Waals surface area contributed by atoms with E-state index in [1.54, 1.807) is 30.3 Å². The number of carbonyl (C=O) groups excluding carboxylic acids is 3. The van der Waals surface area contributed by atoms with Crippen LogP contribution in [0.4, 0.5) is 8.78 Å². The van der Waals surface area contributed by atoms with Crippen LogP contribution in [0.3, 0.4) is 0 Å². The number of hydrogen-bond donors (Lipinski definition) is 0. The van der Waals surface area contributed by atoms with Gasteiger partial charge in [0.1, 0.15) is 6.61 Å². The molecule has 0 bridgehead atoms. The van der Waals surface area contributed by atoms with Gasteiger partial charge in [0.15, 0.2) is 6.10 Å². The lowest BCUT2D eigenvalue weighted by Gasteiger charge is -2.20. The van der Waals surface area contributed by atoms with Crippen LogP contribution >= 0.6 is 0 Å². The monoisotopic (exact) mass is 476 g/mol. The van der Waals surface area contributed by atoms with Crippen molar-refractivity contribution in [2.75, 3.05) is 6.61 Å². The molecule has 0 saturated carbocycles. The van der Waals surface area contributed by atoms with Gasteiger partial charge in [-0.3, -0.25) is 0 Å². The van der Waals surface area contributed by atoms with Crippen molar-refractivity contribution in [2.24, 2.45) is 0 Å². The van der Waals surface area contributed by atoms with Crippen molar-refractivity contribution in [2.45, 2.75) is 18.1 Å². The average Bonchev–Trinajstić information content (AvgIpc) is 3.09. The van der Waals surface area contributed by atoms with Gasteiger partial charge in [-0.15, -0.1) is 0 Å². The number of ether oxygens (including phenoxy) is 3. The molecule has 1 aliphatic heterocycles. The van der Waals surface area contributed by atoms with Crippen LogP contribution in [0.2, 0.25) is 0 Å². The average molecular weight is 476 g/mol. The summed E-state index contributed by atoms with van der Waals surface area (Å²) in [6.07, 6.45) is -3.91. The van der Waals surface area contributed by atoms with E-state index in [9.17, 15) is 23.2 Å². The molecule has 0 amide bonds. The summed E-state index contributed by atoms with van der Waals surface area (Å²) in [5.41, 5.74) is 0.232. The predicted octanol–water partition coefficient (Wildman–Crippen LogP) is 4.94. The molecule has 4 aromatic carbocycles. The van der Waals surface area contributed by atoms with Gasteiger partial charge in [0.2, 0.25) is 6.10 Å². The van der Waals surface area contributed by atoms with Gasteiger partial charge in [-0.2, -0.15) is 8.78 Å². The van der Waals surface area contributed by atoms with E-state index in [1.165, 1.54) is 18.2 Å². The number of halogens is 2. The van der Waals surface area contributed by atoms with Crippen molar-refractivity contribution < 1.29 is 37.4 Å². The normalized spacial score (nSPS) is 18.9. The third-order valence-corrected chi connectivity index (χ3v) is 5.81. The first-order chi connectivity index (χ1) is 16.8. The Hall–Kier alpha value is -4.33. The maximum absolute atomic E-state index is 14.5. The molecule has 4 aromatic rings. The number of rotatable bonds is 5. The Balaban J connectivity index is 1.31. The molecule has 1 heterocycles. The van der Waals surface area contributed by atoms with E-state index in [0.29, 0.717) is 5.39 Å². The molecule has 5 rings (SSSR count). The van der Waals surface area contributed by atoms with Crippen LogP contribution in [-0.4, -0.2) is 42.6 Å². The standard InChI is InChI=1S/C27H18F2O6/c28-27(29)23(35-25(31)21-12-10-17-6-2-4-8-19(17)14-21)22(34-26(27)32)15-33-24(30)20-11-9-16-5-1-3-7-18(16)13-20/h1-14,22-23H,15H2/t22-,23+/m1/s1. The van der Waals surface area contributed by atoms with Crippen LogP contribution in [0.5, 0.6) is 0 Å². The second-order valence-corrected chi connectivity index (χ2v) is 8.11. The molecular weight excluding hydrogens is 458 g/mol. The van der Waals surface area contributed by atoms with Gasteiger partial charge in [0.25, 0.3) is 0 Å². The third kappa shape index (κ3) is 4.30. The highest BCUT2D eigenvalue weighted by molar-refractivity contribution is 5.96. The van der Waals surface area contributed by atoms with Crippen LogP contribution in [0, 0.1) is 0 Å². The Kier molecular flexibility index (Phi) is 5.64. The van der Waals surface area contributed by atoms with E-state index < -0.39 is 42.6 Å². The summed E-state index contributed by atoms with van der Waals surface area (Å²) in [7, 11) is 0. The highest BCUT2D eigenvalue weighted by Crippen LogP contribution is 2.35. The summed E-state index contributed by atoms with van der Waals surface area (Å²) in [6.45, 7) is -0.706. The Morgan fingerprint density at radius 3 is 1.86 bits per heavy atom. The van der Waals surface area contributed by atoms with Gasteiger partial charge in [-0.05, 0) is 45.8 Å². The van der Waals surface area contributed by atoms with Crippen LogP contribution in [0.1, 0.15) is 20.7 Å². The lowest BCUT2D eigenvalue weighted by atomic mass is 10.1. The summed E-state index contributed by atoms with van der Waals surface area (Å²) in [4.78, 5) is 36.9. The summed E-state index contributed by atoms with van der Waals surface area (Å²) in [6, 6.07) is 24.0. The quantitative estimate of drug-likeness (QED) is 0.300. The summed E-state index contributed by atoms with van der Waals surface area (Å²) in [5.74, 6) is -7.78. The highest BCUT2D eigenvalue weighted by atomic mass is 19.3. The Morgan fingerprint density at radius 2 is 1.29 bits per heavy atom. The van der Waals surface area contributed by atoms with Crippen molar-refractivity contribution in [3.05, 3.63) is 96.1 Å². The number of esters is 3. The number of hydrogen-bond acceptors (Lipinski definition) is 6. The second kappa shape index (κ2) is 8.79. The van der Waals surface area contributed by atoms with Crippen molar-refractivity contribution in [3.8, 4) is 0 Å². The van der Waals surface area contributed by atoms with Gasteiger partial charge < -0.3 is 14.2 Å². The Bertz CT molecular complexity index is 1460. The molecule has 0 unspecified atom stereocenters. The molecule has 1 aliphatic rings. The molecular formula is C27H18F2O6. The molecule has 8 heteroatoms. The number of alkyl halides is 2. The molecule has 0 spiro atoms. The number of carbonyl (C=O) groups is 3. The van der Waals surface area contributed by atoms with Gasteiger partial charge in [-0.1, -0.05) is 60.7 Å². The van der Waals surface area contributed by atoms with Gasteiger partial charge >= 0.3 is 23.8 Å². The zero-order valence-corrected chi connectivity index (χ0v) is 18.2. The third-order valence-electron chi connectivity index (χ3n) is 5.81.